The van der Waals surface area contributed by atoms with Crippen LogP contribution >= 0.6 is 11.3 Å². The van der Waals surface area contributed by atoms with E-state index in [-0.39, 0.29) is 0 Å². The van der Waals surface area contributed by atoms with Crippen LogP contribution in [0.25, 0.3) is 0 Å². The zero-order valence-corrected chi connectivity index (χ0v) is 12.7. The predicted octanol–water partition coefficient (Wildman–Crippen LogP) is 2.53. The molecule has 4 heterocycles. The molecule has 0 saturated carbocycles. The van der Waals surface area contributed by atoms with Crippen molar-refractivity contribution in [1.82, 2.24) is 14.8 Å². The molecule has 2 aromatic heterocycles. The maximum Gasteiger partial charge on any atom is 0.156 e. The Hall–Kier alpha value is -1.92. The van der Waals surface area contributed by atoms with Gasteiger partial charge in [0.25, 0.3) is 0 Å². The molecule has 0 atom stereocenters. The van der Waals surface area contributed by atoms with Crippen molar-refractivity contribution in [3.63, 3.8) is 0 Å². The van der Waals surface area contributed by atoms with Gasteiger partial charge in [-0.15, -0.1) is 11.3 Å². The number of hydrogen-bond acceptors (Lipinski definition) is 6. The number of nitrogens with one attached hydrogen (secondary N) is 1. The first-order valence-electron chi connectivity index (χ1n) is 7.12. The highest BCUT2D eigenvalue weighted by molar-refractivity contribution is 7.08. The highest BCUT2D eigenvalue weighted by Crippen LogP contribution is 2.35. The Kier molecular flexibility index (Phi) is 3.12. The molecule has 0 amide bonds. The first-order chi connectivity index (χ1) is 10.3. The van der Waals surface area contributed by atoms with Crippen LogP contribution in [0.3, 0.4) is 0 Å². The number of amidine groups is 1. The van der Waals surface area contributed by atoms with Crippen LogP contribution in [0.5, 0.6) is 0 Å². The molecule has 0 spiro atoms. The van der Waals surface area contributed by atoms with E-state index in [0.717, 1.165) is 49.2 Å². The van der Waals surface area contributed by atoms with Crippen LogP contribution in [0.4, 0.5) is 17.2 Å². The Morgan fingerprint density at radius 2 is 2.05 bits per heavy atom. The number of pyridine rings is 1. The van der Waals surface area contributed by atoms with Crippen molar-refractivity contribution in [3.8, 4) is 0 Å². The van der Waals surface area contributed by atoms with Gasteiger partial charge in [-0.25, -0.2) is 9.98 Å². The van der Waals surface area contributed by atoms with Gasteiger partial charge in [0, 0.05) is 43.1 Å². The Morgan fingerprint density at radius 1 is 1.19 bits per heavy atom. The number of aliphatic imine (C=N–C) groups is 1. The molecule has 108 valence electrons. The zero-order chi connectivity index (χ0) is 14.2. The summed E-state index contributed by atoms with van der Waals surface area (Å²) in [4.78, 5) is 14.1. The summed E-state index contributed by atoms with van der Waals surface area (Å²) >= 11 is 1.70. The molecule has 0 aliphatic carbocycles. The third kappa shape index (κ3) is 2.30. The van der Waals surface area contributed by atoms with Crippen molar-refractivity contribution in [2.75, 3.05) is 38.5 Å². The lowest BCUT2D eigenvalue weighted by molar-refractivity contribution is 0.216. The van der Waals surface area contributed by atoms with E-state index in [1.165, 1.54) is 5.56 Å². The minimum Gasteiger partial charge on any atom is -0.353 e. The lowest BCUT2D eigenvalue weighted by Gasteiger charge is -2.34. The standard InChI is InChI=1S/C15H17N5S/c1-19-5-7-20(8-6-19)15-11-9-21-10-13(11)17-14-12(18-15)3-2-4-16-14/h2-4,9-10H,5-8H2,1H3,(H,16,17). The topological polar surface area (TPSA) is 43.8 Å². The molecule has 6 heteroatoms. The molecule has 2 aromatic rings. The van der Waals surface area contributed by atoms with Gasteiger partial charge in [0.15, 0.2) is 5.82 Å². The van der Waals surface area contributed by atoms with Crippen molar-refractivity contribution >= 4 is 34.4 Å². The summed E-state index contributed by atoms with van der Waals surface area (Å²) in [5.74, 6) is 1.90. The fraction of sp³-hybridized carbons (Fsp3) is 0.333. The molecule has 0 bridgehead atoms. The fourth-order valence-electron chi connectivity index (χ4n) is 2.71. The van der Waals surface area contributed by atoms with E-state index < -0.39 is 0 Å². The zero-order valence-electron chi connectivity index (χ0n) is 11.9. The van der Waals surface area contributed by atoms with Crippen molar-refractivity contribution in [2.45, 2.75) is 0 Å². The summed E-state index contributed by atoms with van der Waals surface area (Å²) in [5.41, 5.74) is 3.20. The Balaban J connectivity index is 1.79. The van der Waals surface area contributed by atoms with Gasteiger partial charge in [0.05, 0.1) is 11.3 Å². The van der Waals surface area contributed by atoms with Gasteiger partial charge in [-0.1, -0.05) is 0 Å². The molecule has 0 unspecified atom stereocenters. The fourth-order valence-corrected chi connectivity index (χ4v) is 3.47. The number of hydrogen-bond donors (Lipinski definition) is 1. The summed E-state index contributed by atoms with van der Waals surface area (Å²) in [6, 6.07) is 3.95. The summed E-state index contributed by atoms with van der Waals surface area (Å²) in [6.45, 7) is 4.18. The maximum absolute atomic E-state index is 4.91. The number of aromatic nitrogens is 1. The monoisotopic (exact) mass is 299 g/mol. The summed E-state index contributed by atoms with van der Waals surface area (Å²) in [5, 5.41) is 7.71. The van der Waals surface area contributed by atoms with E-state index in [1.54, 1.807) is 17.5 Å². The number of nitrogens with zero attached hydrogens (tertiary/aromatic N) is 4. The average Bonchev–Trinajstić information content (AvgIpc) is 2.89. The number of fused-ring (bicyclic) bond motifs is 2. The quantitative estimate of drug-likeness (QED) is 0.812. The first kappa shape index (κ1) is 12.8. The minimum absolute atomic E-state index is 0.835. The summed E-state index contributed by atoms with van der Waals surface area (Å²) in [6.07, 6.45) is 1.80. The van der Waals surface area contributed by atoms with Gasteiger partial charge < -0.3 is 15.1 Å². The maximum atomic E-state index is 4.91. The van der Waals surface area contributed by atoms with Crippen LogP contribution in [0, 0.1) is 0 Å². The Morgan fingerprint density at radius 3 is 2.90 bits per heavy atom. The second kappa shape index (κ2) is 5.13. The molecule has 1 N–H and O–H groups in total. The van der Waals surface area contributed by atoms with E-state index in [0.29, 0.717) is 0 Å². The third-order valence-electron chi connectivity index (χ3n) is 3.97. The van der Waals surface area contributed by atoms with Crippen LogP contribution in [-0.4, -0.2) is 53.8 Å². The summed E-state index contributed by atoms with van der Waals surface area (Å²) in [7, 11) is 2.17. The van der Waals surface area contributed by atoms with Crippen LogP contribution in [0.2, 0.25) is 0 Å². The molecule has 5 nitrogen and oxygen atoms in total. The van der Waals surface area contributed by atoms with Crippen molar-refractivity contribution in [3.05, 3.63) is 34.7 Å². The SMILES string of the molecule is CN1CCN(C2=Nc3cccnc3Nc3cscc32)CC1. The number of thiophene rings is 1. The molecule has 2 aliphatic heterocycles. The first-order valence-corrected chi connectivity index (χ1v) is 8.06. The van der Waals surface area contributed by atoms with Gasteiger partial charge in [-0.05, 0) is 19.2 Å². The molecule has 0 aromatic carbocycles. The van der Waals surface area contributed by atoms with Gasteiger partial charge >= 0.3 is 0 Å². The minimum atomic E-state index is 0.835. The number of anilines is 2. The van der Waals surface area contributed by atoms with Crippen LogP contribution in [0.1, 0.15) is 5.56 Å². The molecule has 4 rings (SSSR count). The molecule has 0 radical (unpaired) electrons. The number of rotatable bonds is 0. The second-order valence-corrected chi connectivity index (χ2v) is 6.16. The lowest BCUT2D eigenvalue weighted by Crippen LogP contribution is -2.47. The molecule has 2 aliphatic rings. The molecule has 21 heavy (non-hydrogen) atoms. The molecule has 1 saturated heterocycles. The van der Waals surface area contributed by atoms with Gasteiger partial charge in [-0.3, -0.25) is 0 Å². The van der Waals surface area contributed by atoms with Gasteiger partial charge in [0.1, 0.15) is 11.5 Å². The normalized spacial score (nSPS) is 18.3. The van der Waals surface area contributed by atoms with E-state index >= 15 is 0 Å². The number of likely N-dealkylation sites (N-methyl/N-ethyl adjacent to an activating group) is 1. The Labute approximate surface area is 127 Å². The molecular formula is C15H17N5S. The van der Waals surface area contributed by atoms with Crippen molar-refractivity contribution in [1.29, 1.82) is 0 Å². The smallest absolute Gasteiger partial charge is 0.156 e. The summed E-state index contributed by atoms with van der Waals surface area (Å²) < 4.78 is 0. The van der Waals surface area contributed by atoms with E-state index in [9.17, 15) is 0 Å². The van der Waals surface area contributed by atoms with E-state index in [2.05, 4.69) is 37.9 Å². The number of piperazine rings is 1. The van der Waals surface area contributed by atoms with Crippen molar-refractivity contribution in [2.24, 2.45) is 4.99 Å². The van der Waals surface area contributed by atoms with Crippen LogP contribution in [-0.2, 0) is 0 Å². The predicted molar refractivity (Wildman–Crippen MR) is 87.1 cm³/mol. The highest BCUT2D eigenvalue weighted by Gasteiger charge is 2.24. The average molecular weight is 299 g/mol. The third-order valence-corrected chi connectivity index (χ3v) is 4.72. The largest absolute Gasteiger partial charge is 0.353 e. The molecular weight excluding hydrogens is 282 g/mol. The Bertz CT molecular complexity index is 685. The second-order valence-electron chi connectivity index (χ2n) is 5.42. The highest BCUT2D eigenvalue weighted by atomic mass is 32.1. The van der Waals surface area contributed by atoms with Crippen molar-refractivity contribution < 1.29 is 0 Å². The van der Waals surface area contributed by atoms with Gasteiger partial charge in [-0.2, -0.15) is 0 Å². The van der Waals surface area contributed by atoms with E-state index in [4.69, 9.17) is 4.99 Å². The van der Waals surface area contributed by atoms with Gasteiger partial charge in [0.2, 0.25) is 0 Å². The lowest BCUT2D eigenvalue weighted by atomic mass is 10.2. The van der Waals surface area contributed by atoms with E-state index in [1.807, 2.05) is 12.1 Å². The van der Waals surface area contributed by atoms with Crippen LogP contribution < -0.4 is 5.32 Å². The molecule has 1 fully saturated rings. The van der Waals surface area contributed by atoms with Crippen LogP contribution in [0.15, 0.2) is 34.1 Å².